The Morgan fingerprint density at radius 1 is 1.18 bits per heavy atom. The summed E-state index contributed by atoms with van der Waals surface area (Å²) in [6.07, 6.45) is 0.424. The Hall–Kier alpha value is -2.82. The van der Waals surface area contributed by atoms with E-state index in [0.29, 0.717) is 26.6 Å². The summed E-state index contributed by atoms with van der Waals surface area (Å²) in [5.74, 6) is -1.11. The van der Waals surface area contributed by atoms with Gasteiger partial charge in [-0.05, 0) is 36.6 Å². The lowest BCUT2D eigenvalue weighted by molar-refractivity contribution is 0.103. The lowest BCUT2D eigenvalue weighted by Gasteiger charge is -2.15. The van der Waals surface area contributed by atoms with Gasteiger partial charge < -0.3 is 5.11 Å². The summed E-state index contributed by atoms with van der Waals surface area (Å²) in [5.41, 5.74) is 0.0306. The predicted molar refractivity (Wildman–Crippen MR) is 132 cm³/mol. The van der Waals surface area contributed by atoms with Gasteiger partial charge in [-0.1, -0.05) is 65.1 Å². The minimum Gasteiger partial charge on any atom is -0.494 e. The first kappa shape index (κ1) is 23.3. The van der Waals surface area contributed by atoms with E-state index in [1.165, 1.54) is 13.0 Å². The van der Waals surface area contributed by atoms with Crippen LogP contribution in [0, 0.1) is 18.3 Å². The van der Waals surface area contributed by atoms with Crippen molar-refractivity contribution in [2.24, 2.45) is 0 Å². The van der Waals surface area contributed by atoms with Gasteiger partial charge >= 0.3 is 0 Å². The Labute approximate surface area is 208 Å². The number of nitriles is 1. The maximum atomic E-state index is 13.5. The molecular weight excluding hydrogens is 503 g/mol. The SMILES string of the molecule is Cc1c(C(=O)c2sc3cc(Cl)cc(Cl)c3c2Cl)c(O)n(CCc2ccccc2)c(=O)c1C#N. The molecule has 0 aliphatic carbocycles. The molecule has 166 valence electrons. The summed E-state index contributed by atoms with van der Waals surface area (Å²) < 4.78 is 1.66. The van der Waals surface area contributed by atoms with Gasteiger partial charge in [0.05, 0.1) is 20.5 Å². The van der Waals surface area contributed by atoms with Gasteiger partial charge in [0.2, 0.25) is 11.7 Å². The third-order valence-corrected chi connectivity index (χ3v) is 7.49. The first-order valence-corrected chi connectivity index (χ1v) is 11.7. The number of thiophene rings is 1. The molecule has 0 spiro atoms. The normalized spacial score (nSPS) is 11.0. The van der Waals surface area contributed by atoms with E-state index in [2.05, 4.69) is 0 Å². The quantitative estimate of drug-likeness (QED) is 0.311. The van der Waals surface area contributed by atoms with Crippen LogP contribution in [0.2, 0.25) is 15.1 Å². The van der Waals surface area contributed by atoms with E-state index in [1.54, 1.807) is 6.07 Å². The van der Waals surface area contributed by atoms with Gasteiger partial charge in [-0.25, -0.2) is 0 Å². The molecule has 0 fully saturated rings. The van der Waals surface area contributed by atoms with Gasteiger partial charge in [0.15, 0.2) is 0 Å². The standard InChI is InChI=1S/C24H15Cl3N2O3S/c1-12-15(11-28)23(31)29(8-7-13-5-3-2-4-6-13)24(32)18(12)21(30)22-20(27)19-16(26)9-14(25)10-17(19)33-22/h2-6,9-10,32H,7-8H2,1H3. The molecule has 0 saturated carbocycles. The topological polar surface area (TPSA) is 83.1 Å². The molecule has 4 rings (SSSR count). The highest BCUT2D eigenvalue weighted by atomic mass is 35.5. The third-order valence-electron chi connectivity index (χ3n) is 5.35. The number of hydrogen-bond donors (Lipinski definition) is 1. The summed E-state index contributed by atoms with van der Waals surface area (Å²) in [6, 6.07) is 14.4. The second-order valence-electron chi connectivity index (χ2n) is 7.34. The summed E-state index contributed by atoms with van der Waals surface area (Å²) in [5, 5.41) is 21.9. The largest absolute Gasteiger partial charge is 0.494 e. The molecule has 2 heterocycles. The molecule has 1 N–H and O–H groups in total. The number of fused-ring (bicyclic) bond motifs is 1. The Kier molecular flexibility index (Phi) is 6.51. The van der Waals surface area contributed by atoms with E-state index < -0.39 is 17.2 Å². The Morgan fingerprint density at radius 2 is 1.88 bits per heavy atom. The van der Waals surface area contributed by atoms with Crippen molar-refractivity contribution in [1.29, 1.82) is 5.26 Å². The van der Waals surface area contributed by atoms with Crippen molar-refractivity contribution in [1.82, 2.24) is 4.57 Å². The highest BCUT2D eigenvalue weighted by Gasteiger charge is 2.28. The molecule has 5 nitrogen and oxygen atoms in total. The number of aromatic hydroxyl groups is 1. The molecule has 2 aromatic carbocycles. The highest BCUT2D eigenvalue weighted by molar-refractivity contribution is 7.22. The van der Waals surface area contributed by atoms with Gasteiger partial charge in [0.25, 0.3) is 5.56 Å². The van der Waals surface area contributed by atoms with Gasteiger partial charge in [-0.2, -0.15) is 5.26 Å². The molecule has 0 aliphatic rings. The minimum absolute atomic E-state index is 0.0888. The number of carbonyl (C=O) groups is 1. The van der Waals surface area contributed by atoms with Crippen LogP contribution in [0.5, 0.6) is 5.88 Å². The van der Waals surface area contributed by atoms with Crippen molar-refractivity contribution in [3.05, 3.63) is 95.0 Å². The molecule has 0 aliphatic heterocycles. The zero-order valence-electron chi connectivity index (χ0n) is 17.2. The van der Waals surface area contributed by atoms with Crippen molar-refractivity contribution in [2.45, 2.75) is 19.9 Å². The third kappa shape index (κ3) is 4.14. The second-order valence-corrected chi connectivity index (χ2v) is 9.61. The maximum absolute atomic E-state index is 13.5. The number of hydrogen-bond acceptors (Lipinski definition) is 5. The van der Waals surface area contributed by atoms with E-state index in [0.717, 1.165) is 21.5 Å². The van der Waals surface area contributed by atoms with E-state index in [-0.39, 0.29) is 33.1 Å². The average molecular weight is 518 g/mol. The molecule has 9 heteroatoms. The van der Waals surface area contributed by atoms with Crippen molar-refractivity contribution < 1.29 is 9.90 Å². The first-order valence-electron chi connectivity index (χ1n) is 9.76. The molecule has 2 aromatic heterocycles. The summed E-state index contributed by atoms with van der Waals surface area (Å²) in [6.45, 7) is 1.55. The number of pyridine rings is 1. The maximum Gasteiger partial charge on any atom is 0.271 e. The van der Waals surface area contributed by atoms with E-state index >= 15 is 0 Å². The fraction of sp³-hybridized carbons (Fsp3) is 0.125. The van der Waals surface area contributed by atoms with Crippen LogP contribution >= 0.6 is 46.1 Å². The Morgan fingerprint density at radius 3 is 2.55 bits per heavy atom. The number of ketones is 1. The summed E-state index contributed by atoms with van der Waals surface area (Å²) >= 11 is 19.9. The van der Waals surface area contributed by atoms with Crippen LogP contribution in [0.25, 0.3) is 10.1 Å². The van der Waals surface area contributed by atoms with Gasteiger partial charge in [-0.3, -0.25) is 14.2 Å². The molecule has 0 radical (unpaired) electrons. The number of benzene rings is 2. The molecule has 0 atom stereocenters. The molecule has 0 saturated heterocycles. The summed E-state index contributed by atoms with van der Waals surface area (Å²) in [7, 11) is 0. The predicted octanol–water partition coefficient (Wildman–Crippen LogP) is 6.38. The zero-order valence-corrected chi connectivity index (χ0v) is 20.2. The van der Waals surface area contributed by atoms with Crippen LogP contribution in [-0.4, -0.2) is 15.5 Å². The zero-order chi connectivity index (χ0) is 23.9. The van der Waals surface area contributed by atoms with Gasteiger partial charge in [0, 0.05) is 21.7 Å². The first-order chi connectivity index (χ1) is 15.7. The van der Waals surface area contributed by atoms with Crippen molar-refractivity contribution in [3.8, 4) is 11.9 Å². The number of aromatic nitrogens is 1. The number of carbonyl (C=O) groups excluding carboxylic acids is 1. The smallest absolute Gasteiger partial charge is 0.271 e. The molecule has 4 aromatic rings. The molecule has 0 amide bonds. The minimum atomic E-state index is -0.655. The van der Waals surface area contributed by atoms with Gasteiger partial charge in [0.1, 0.15) is 11.6 Å². The van der Waals surface area contributed by atoms with Crippen LogP contribution < -0.4 is 5.56 Å². The number of nitrogens with zero attached hydrogens (tertiary/aromatic N) is 2. The number of rotatable bonds is 5. The monoisotopic (exact) mass is 516 g/mol. The Bertz CT molecular complexity index is 1520. The van der Waals surface area contributed by atoms with E-state index in [9.17, 15) is 20.0 Å². The second kappa shape index (κ2) is 9.20. The van der Waals surface area contributed by atoms with Crippen molar-refractivity contribution >= 4 is 62.0 Å². The van der Waals surface area contributed by atoms with Crippen molar-refractivity contribution in [3.63, 3.8) is 0 Å². The number of aryl methyl sites for hydroxylation is 1. The van der Waals surface area contributed by atoms with E-state index in [4.69, 9.17) is 34.8 Å². The highest BCUT2D eigenvalue weighted by Crippen LogP contribution is 2.43. The average Bonchev–Trinajstić information content (AvgIpc) is 3.11. The fourth-order valence-corrected chi connectivity index (χ4v) is 6.01. The van der Waals surface area contributed by atoms with Crippen LogP contribution in [0.4, 0.5) is 0 Å². The van der Waals surface area contributed by atoms with Crippen LogP contribution in [0.15, 0.2) is 47.3 Å². The van der Waals surface area contributed by atoms with Crippen LogP contribution in [-0.2, 0) is 13.0 Å². The number of halogens is 3. The Balaban J connectivity index is 1.87. The van der Waals surface area contributed by atoms with E-state index in [1.807, 2.05) is 36.4 Å². The fourth-order valence-electron chi connectivity index (χ4n) is 3.69. The van der Waals surface area contributed by atoms with Crippen molar-refractivity contribution in [2.75, 3.05) is 0 Å². The van der Waals surface area contributed by atoms with Crippen LogP contribution in [0.1, 0.15) is 31.9 Å². The van der Waals surface area contributed by atoms with Gasteiger partial charge in [-0.15, -0.1) is 11.3 Å². The molecular formula is C24H15Cl3N2O3S. The molecule has 0 bridgehead atoms. The molecule has 0 unspecified atom stereocenters. The van der Waals surface area contributed by atoms with Crippen LogP contribution in [0.3, 0.4) is 0 Å². The molecule has 33 heavy (non-hydrogen) atoms. The lowest BCUT2D eigenvalue weighted by Crippen LogP contribution is -2.27. The lowest BCUT2D eigenvalue weighted by atomic mass is 10.0. The summed E-state index contributed by atoms with van der Waals surface area (Å²) in [4.78, 5) is 26.6.